The Morgan fingerprint density at radius 1 is 1.28 bits per heavy atom. The number of methoxy groups -OCH3 is 1. The lowest BCUT2D eigenvalue weighted by Gasteiger charge is -2.17. The molecule has 2 aliphatic rings. The molecule has 29 heavy (non-hydrogen) atoms. The summed E-state index contributed by atoms with van der Waals surface area (Å²) < 4.78 is 11.0. The molecule has 0 radical (unpaired) electrons. The highest BCUT2D eigenvalue weighted by Gasteiger charge is 2.33. The van der Waals surface area contributed by atoms with Crippen molar-refractivity contribution in [1.29, 1.82) is 0 Å². The van der Waals surface area contributed by atoms with E-state index in [1.807, 2.05) is 25.1 Å². The van der Waals surface area contributed by atoms with E-state index in [2.05, 4.69) is 15.5 Å². The van der Waals surface area contributed by atoms with Gasteiger partial charge in [0, 0.05) is 24.8 Å². The van der Waals surface area contributed by atoms with Crippen LogP contribution in [-0.4, -0.2) is 53.7 Å². The van der Waals surface area contributed by atoms with Gasteiger partial charge in [-0.05, 0) is 37.5 Å². The van der Waals surface area contributed by atoms with Gasteiger partial charge in [-0.15, -0.1) is 10.2 Å². The molecule has 1 unspecified atom stereocenters. The van der Waals surface area contributed by atoms with E-state index in [1.165, 1.54) is 11.3 Å². The van der Waals surface area contributed by atoms with Crippen LogP contribution in [0.4, 0.5) is 5.13 Å². The van der Waals surface area contributed by atoms with Crippen LogP contribution in [0.25, 0.3) is 0 Å². The van der Waals surface area contributed by atoms with Crippen molar-refractivity contribution in [2.45, 2.75) is 38.0 Å². The van der Waals surface area contributed by atoms with Crippen LogP contribution in [0.3, 0.4) is 0 Å². The Labute approximate surface area is 173 Å². The van der Waals surface area contributed by atoms with Crippen LogP contribution in [0.1, 0.15) is 48.6 Å². The summed E-state index contributed by atoms with van der Waals surface area (Å²) in [5.74, 6) is 1.57. The smallest absolute Gasteiger partial charge is 0.245 e. The van der Waals surface area contributed by atoms with Crippen LogP contribution in [0.5, 0.6) is 11.5 Å². The zero-order valence-electron chi connectivity index (χ0n) is 16.5. The van der Waals surface area contributed by atoms with Crippen molar-refractivity contribution in [3.8, 4) is 11.5 Å². The van der Waals surface area contributed by atoms with Gasteiger partial charge in [0.05, 0.1) is 20.3 Å². The molecule has 0 spiro atoms. The molecule has 1 aromatic heterocycles. The molecule has 2 heterocycles. The molecule has 1 aliphatic carbocycles. The fourth-order valence-corrected chi connectivity index (χ4v) is 4.40. The van der Waals surface area contributed by atoms with Crippen LogP contribution < -0.4 is 14.8 Å². The van der Waals surface area contributed by atoms with Gasteiger partial charge in [-0.1, -0.05) is 17.4 Å². The van der Waals surface area contributed by atoms with Crippen LogP contribution >= 0.6 is 11.3 Å². The van der Waals surface area contributed by atoms with Gasteiger partial charge >= 0.3 is 0 Å². The molecule has 1 aliphatic heterocycles. The van der Waals surface area contributed by atoms with Gasteiger partial charge in [0.25, 0.3) is 0 Å². The molecule has 1 aromatic carbocycles. The Bertz CT molecular complexity index is 912. The minimum atomic E-state index is -0.248. The first-order valence-corrected chi connectivity index (χ1v) is 10.6. The number of anilines is 1. The average Bonchev–Trinajstić information content (AvgIpc) is 3.35. The molecule has 8 nitrogen and oxygen atoms in total. The second-order valence-corrected chi connectivity index (χ2v) is 8.30. The third kappa shape index (κ3) is 4.50. The van der Waals surface area contributed by atoms with E-state index in [9.17, 15) is 9.59 Å². The van der Waals surface area contributed by atoms with E-state index in [0.29, 0.717) is 42.1 Å². The molecule has 0 bridgehead atoms. The lowest BCUT2D eigenvalue weighted by molar-refractivity contribution is -0.131. The summed E-state index contributed by atoms with van der Waals surface area (Å²) >= 11 is 1.41. The van der Waals surface area contributed by atoms with Gasteiger partial charge in [-0.3, -0.25) is 14.9 Å². The maximum absolute atomic E-state index is 12.4. The van der Waals surface area contributed by atoms with Crippen LogP contribution in [0.2, 0.25) is 0 Å². The van der Waals surface area contributed by atoms with E-state index in [1.54, 1.807) is 12.0 Å². The molecule has 9 heteroatoms. The minimum Gasteiger partial charge on any atom is -0.493 e. The van der Waals surface area contributed by atoms with E-state index >= 15 is 0 Å². The molecule has 1 N–H and O–H groups in total. The minimum absolute atomic E-state index is 0.0160. The van der Waals surface area contributed by atoms with Gasteiger partial charge in [-0.25, -0.2) is 0 Å². The first-order chi connectivity index (χ1) is 14.1. The number of likely N-dealkylation sites (tertiary alicyclic amines) is 1. The molecule has 154 valence electrons. The summed E-state index contributed by atoms with van der Waals surface area (Å²) in [5.41, 5.74) is 1.00. The van der Waals surface area contributed by atoms with Crippen molar-refractivity contribution in [1.82, 2.24) is 15.1 Å². The topological polar surface area (TPSA) is 93.7 Å². The second kappa shape index (κ2) is 8.36. The zero-order chi connectivity index (χ0) is 20.4. The number of carbonyl (C=O) groups excluding carboxylic acids is 2. The SMILES string of the molecule is CCOc1cc(C2CC(=O)N(CC(=O)Nc3nnc(C4CC4)s3)C2)ccc1OC. The van der Waals surface area contributed by atoms with Gasteiger partial charge in [-0.2, -0.15) is 0 Å². The van der Waals surface area contributed by atoms with Crippen LogP contribution in [-0.2, 0) is 9.59 Å². The normalized spacial score (nSPS) is 18.8. The fraction of sp³-hybridized carbons (Fsp3) is 0.500. The predicted molar refractivity (Wildman–Crippen MR) is 109 cm³/mol. The van der Waals surface area contributed by atoms with E-state index in [-0.39, 0.29) is 24.3 Å². The van der Waals surface area contributed by atoms with Crippen molar-refractivity contribution in [2.75, 3.05) is 32.1 Å². The Morgan fingerprint density at radius 3 is 2.83 bits per heavy atom. The molecule has 1 saturated heterocycles. The molecular weight excluding hydrogens is 392 g/mol. The molecular formula is C20H24N4O4S. The number of hydrogen-bond donors (Lipinski definition) is 1. The quantitative estimate of drug-likeness (QED) is 0.711. The first-order valence-electron chi connectivity index (χ1n) is 9.79. The Kier molecular flexibility index (Phi) is 5.66. The number of nitrogens with zero attached hydrogens (tertiary/aromatic N) is 3. The number of nitrogens with one attached hydrogen (secondary N) is 1. The second-order valence-electron chi connectivity index (χ2n) is 7.29. The average molecular weight is 417 g/mol. The number of carbonyl (C=O) groups is 2. The molecule has 1 saturated carbocycles. The third-order valence-electron chi connectivity index (χ3n) is 5.12. The summed E-state index contributed by atoms with van der Waals surface area (Å²) in [7, 11) is 1.60. The number of rotatable bonds is 8. The highest BCUT2D eigenvalue weighted by molar-refractivity contribution is 7.15. The van der Waals surface area contributed by atoms with Crippen molar-refractivity contribution >= 4 is 28.3 Å². The number of hydrogen-bond acceptors (Lipinski definition) is 7. The Hall–Kier alpha value is -2.68. The highest BCUT2D eigenvalue weighted by Crippen LogP contribution is 2.42. The molecule has 2 fully saturated rings. The molecule has 2 aromatic rings. The van der Waals surface area contributed by atoms with E-state index < -0.39 is 0 Å². The number of aromatic nitrogens is 2. The predicted octanol–water partition coefficient (Wildman–Crippen LogP) is 2.78. The van der Waals surface area contributed by atoms with Crippen LogP contribution in [0, 0.1) is 0 Å². The van der Waals surface area contributed by atoms with Crippen molar-refractivity contribution in [2.24, 2.45) is 0 Å². The maximum atomic E-state index is 12.4. The van der Waals surface area contributed by atoms with E-state index in [0.717, 1.165) is 23.4 Å². The molecule has 1 atom stereocenters. The Morgan fingerprint density at radius 2 is 2.10 bits per heavy atom. The maximum Gasteiger partial charge on any atom is 0.245 e. The Balaban J connectivity index is 1.37. The summed E-state index contributed by atoms with van der Waals surface area (Å²) in [4.78, 5) is 26.4. The summed E-state index contributed by atoms with van der Waals surface area (Å²) in [6, 6.07) is 5.72. The summed E-state index contributed by atoms with van der Waals surface area (Å²) in [5, 5.41) is 12.4. The summed E-state index contributed by atoms with van der Waals surface area (Å²) in [6.07, 6.45) is 2.65. The molecule has 4 rings (SSSR count). The van der Waals surface area contributed by atoms with Crippen molar-refractivity contribution < 1.29 is 19.1 Å². The number of amides is 2. The fourth-order valence-electron chi connectivity index (χ4n) is 3.48. The monoisotopic (exact) mass is 416 g/mol. The third-order valence-corrected chi connectivity index (χ3v) is 6.12. The van der Waals surface area contributed by atoms with Crippen molar-refractivity contribution in [3.05, 3.63) is 28.8 Å². The number of benzene rings is 1. The number of ether oxygens (including phenoxy) is 2. The molecule has 2 amide bonds. The largest absolute Gasteiger partial charge is 0.493 e. The standard InChI is InChI=1S/C20H24N4O4S/c1-3-28-16-8-13(6-7-15(16)27-2)14-9-18(26)24(10-14)11-17(25)21-20-23-22-19(29-20)12-4-5-12/h6-8,12,14H,3-5,9-11H2,1-2H3,(H,21,23,25). The first kappa shape index (κ1) is 19.6. The zero-order valence-corrected chi connectivity index (χ0v) is 17.3. The summed E-state index contributed by atoms with van der Waals surface area (Å²) in [6.45, 7) is 2.96. The van der Waals surface area contributed by atoms with Gasteiger partial charge in [0.2, 0.25) is 16.9 Å². The van der Waals surface area contributed by atoms with Crippen molar-refractivity contribution in [3.63, 3.8) is 0 Å². The van der Waals surface area contributed by atoms with Crippen LogP contribution in [0.15, 0.2) is 18.2 Å². The lowest BCUT2D eigenvalue weighted by atomic mass is 9.98. The van der Waals surface area contributed by atoms with Gasteiger partial charge in [0.15, 0.2) is 11.5 Å². The highest BCUT2D eigenvalue weighted by atomic mass is 32.1. The van der Waals surface area contributed by atoms with Gasteiger partial charge < -0.3 is 14.4 Å². The lowest BCUT2D eigenvalue weighted by Crippen LogP contribution is -2.34. The van der Waals surface area contributed by atoms with Gasteiger partial charge in [0.1, 0.15) is 5.01 Å². The van der Waals surface area contributed by atoms with E-state index in [4.69, 9.17) is 9.47 Å².